The van der Waals surface area contributed by atoms with Gasteiger partial charge in [0.05, 0.1) is 0 Å². The summed E-state index contributed by atoms with van der Waals surface area (Å²) in [6, 6.07) is 14.0. The molecule has 27 heavy (non-hydrogen) atoms. The third kappa shape index (κ3) is 2.92. The summed E-state index contributed by atoms with van der Waals surface area (Å²) in [6.45, 7) is 0. The van der Waals surface area contributed by atoms with Crippen molar-refractivity contribution in [2.24, 2.45) is 0 Å². The first-order valence-electron chi connectivity index (χ1n) is 8.99. The lowest BCUT2D eigenvalue weighted by Crippen LogP contribution is -2.32. The van der Waals surface area contributed by atoms with Crippen LogP contribution in [0.1, 0.15) is 35.2 Å². The number of hydrogen-bond donors (Lipinski definition) is 1. The molecule has 0 fully saturated rings. The number of aromatic nitrogens is 3. The highest BCUT2D eigenvalue weighted by Gasteiger charge is 2.37. The van der Waals surface area contributed by atoms with E-state index in [1.807, 2.05) is 48.6 Å². The van der Waals surface area contributed by atoms with Gasteiger partial charge in [0.1, 0.15) is 12.4 Å². The van der Waals surface area contributed by atoms with Crippen molar-refractivity contribution < 1.29 is 4.79 Å². The van der Waals surface area contributed by atoms with Crippen LogP contribution in [0.25, 0.3) is 6.08 Å². The molecule has 1 aromatic carbocycles. The molecule has 0 spiro atoms. The van der Waals surface area contributed by atoms with Gasteiger partial charge >= 0.3 is 0 Å². The molecule has 134 valence electrons. The van der Waals surface area contributed by atoms with E-state index in [9.17, 15) is 4.79 Å². The van der Waals surface area contributed by atoms with Crippen LogP contribution >= 0.6 is 11.3 Å². The maximum atomic E-state index is 13.1. The number of ketones is 1. The van der Waals surface area contributed by atoms with Crippen LogP contribution in [0.5, 0.6) is 0 Å². The molecule has 1 aliphatic carbocycles. The summed E-state index contributed by atoms with van der Waals surface area (Å²) in [7, 11) is 0. The van der Waals surface area contributed by atoms with Gasteiger partial charge in [-0.05, 0) is 23.4 Å². The molecule has 2 aromatic heterocycles. The van der Waals surface area contributed by atoms with Crippen molar-refractivity contribution >= 4 is 29.1 Å². The van der Waals surface area contributed by atoms with Crippen LogP contribution in [0.3, 0.4) is 0 Å². The first kappa shape index (κ1) is 16.2. The number of fused-ring (bicyclic) bond motifs is 1. The number of Topliss-reactive ketones (excluding diaryl/α,β-unsaturated/α-hetero) is 1. The number of hydrogen-bond acceptors (Lipinski definition) is 5. The lowest BCUT2D eigenvalue weighted by atomic mass is 9.81. The summed E-state index contributed by atoms with van der Waals surface area (Å²) in [5, 5.41) is 9.77. The zero-order valence-electron chi connectivity index (χ0n) is 14.6. The zero-order valence-corrected chi connectivity index (χ0v) is 15.4. The normalized spacial score (nSPS) is 21.9. The third-order valence-corrected chi connectivity index (χ3v) is 6.15. The fourth-order valence-electron chi connectivity index (χ4n) is 3.86. The van der Waals surface area contributed by atoms with E-state index < -0.39 is 0 Å². The number of nitrogens with zero attached hydrogens (tertiary/aromatic N) is 3. The van der Waals surface area contributed by atoms with E-state index in [2.05, 4.69) is 26.8 Å². The Morgan fingerprint density at radius 3 is 2.85 bits per heavy atom. The summed E-state index contributed by atoms with van der Waals surface area (Å²) in [6.07, 6.45) is 6.99. The van der Waals surface area contributed by atoms with Gasteiger partial charge in [-0.15, -0.1) is 11.3 Å². The second-order valence-electron chi connectivity index (χ2n) is 6.80. The van der Waals surface area contributed by atoms with Gasteiger partial charge in [0, 0.05) is 28.5 Å². The Kier molecular flexibility index (Phi) is 3.98. The summed E-state index contributed by atoms with van der Waals surface area (Å²) in [5.41, 5.74) is 2.89. The first-order valence-corrected chi connectivity index (χ1v) is 9.87. The smallest absolute Gasteiger partial charge is 0.226 e. The SMILES string of the molecule is O=C1C[C@H](c2cccs2)CC2=C1[C@H](/C=C/c1ccccc1)n1ncnc1N2. The van der Waals surface area contributed by atoms with Crippen LogP contribution in [0.4, 0.5) is 5.95 Å². The molecule has 1 N–H and O–H groups in total. The van der Waals surface area contributed by atoms with Crippen molar-refractivity contribution in [2.75, 3.05) is 5.32 Å². The van der Waals surface area contributed by atoms with Crippen molar-refractivity contribution in [3.63, 3.8) is 0 Å². The molecular weight excluding hydrogens is 356 g/mol. The maximum Gasteiger partial charge on any atom is 0.226 e. The number of nitrogens with one attached hydrogen (secondary N) is 1. The minimum absolute atomic E-state index is 0.186. The minimum atomic E-state index is -0.226. The molecular formula is C21H18N4OS. The molecule has 1 aliphatic heterocycles. The molecule has 0 radical (unpaired) electrons. The van der Waals surface area contributed by atoms with E-state index in [4.69, 9.17) is 0 Å². The van der Waals surface area contributed by atoms with Crippen molar-refractivity contribution in [1.82, 2.24) is 14.8 Å². The van der Waals surface area contributed by atoms with E-state index in [1.165, 1.54) is 11.2 Å². The Morgan fingerprint density at radius 2 is 2.04 bits per heavy atom. The predicted octanol–water partition coefficient (Wildman–Crippen LogP) is 4.42. The van der Waals surface area contributed by atoms with Gasteiger partial charge in [0.25, 0.3) is 0 Å². The summed E-state index contributed by atoms with van der Waals surface area (Å²) >= 11 is 1.72. The van der Waals surface area contributed by atoms with E-state index in [-0.39, 0.29) is 17.7 Å². The molecule has 0 saturated heterocycles. The van der Waals surface area contributed by atoms with Crippen molar-refractivity contribution in [1.29, 1.82) is 0 Å². The standard InChI is InChI=1S/C21H18N4OS/c26-18-12-15(19-7-4-10-27-19)11-16-20(18)17(25-21(24-16)22-13-23-25)9-8-14-5-2-1-3-6-14/h1-10,13,15,17H,11-12H2,(H,22,23,24)/b9-8+/t15-,17+/m1/s1. The summed E-state index contributed by atoms with van der Waals surface area (Å²) in [5.74, 6) is 1.11. The molecule has 0 saturated carbocycles. The van der Waals surface area contributed by atoms with Gasteiger partial charge in [-0.1, -0.05) is 48.6 Å². The molecule has 2 atom stereocenters. The van der Waals surface area contributed by atoms with Gasteiger partial charge in [0.2, 0.25) is 5.95 Å². The minimum Gasteiger partial charge on any atom is -0.328 e. The molecule has 5 nitrogen and oxygen atoms in total. The average Bonchev–Trinajstić information content (AvgIpc) is 3.37. The number of benzene rings is 1. The number of thiophene rings is 1. The monoisotopic (exact) mass is 374 g/mol. The molecule has 0 bridgehead atoms. The quantitative estimate of drug-likeness (QED) is 0.737. The second-order valence-corrected chi connectivity index (χ2v) is 7.78. The Balaban J connectivity index is 1.53. The molecule has 3 aromatic rings. The topological polar surface area (TPSA) is 59.8 Å². The molecule has 3 heterocycles. The van der Waals surface area contributed by atoms with Crippen LogP contribution in [0.15, 0.2) is 71.5 Å². The molecule has 5 rings (SSSR count). The van der Waals surface area contributed by atoms with Gasteiger partial charge in [-0.3, -0.25) is 4.79 Å². The molecule has 0 amide bonds. The Bertz CT molecular complexity index is 1030. The van der Waals surface area contributed by atoms with Gasteiger partial charge in [0.15, 0.2) is 5.78 Å². The fourth-order valence-corrected chi connectivity index (χ4v) is 4.69. The van der Waals surface area contributed by atoms with Crippen LogP contribution in [-0.2, 0) is 4.79 Å². The fraction of sp³-hybridized carbons (Fsp3) is 0.190. The van der Waals surface area contributed by atoms with Gasteiger partial charge in [-0.25, -0.2) is 4.68 Å². The maximum absolute atomic E-state index is 13.1. The third-order valence-electron chi connectivity index (χ3n) is 5.12. The lowest BCUT2D eigenvalue weighted by Gasteiger charge is -2.33. The summed E-state index contributed by atoms with van der Waals surface area (Å²) < 4.78 is 1.79. The van der Waals surface area contributed by atoms with Crippen LogP contribution in [-0.4, -0.2) is 20.5 Å². The molecule has 2 aliphatic rings. The number of carbonyl (C=O) groups is 1. The van der Waals surface area contributed by atoms with Gasteiger partial charge in [-0.2, -0.15) is 10.1 Å². The predicted molar refractivity (Wildman–Crippen MR) is 106 cm³/mol. The largest absolute Gasteiger partial charge is 0.328 e. The number of allylic oxidation sites excluding steroid dienone is 3. The highest BCUT2D eigenvalue weighted by Crippen LogP contribution is 2.42. The number of rotatable bonds is 3. The zero-order chi connectivity index (χ0) is 18.2. The van der Waals surface area contributed by atoms with E-state index in [0.717, 1.165) is 23.3 Å². The van der Waals surface area contributed by atoms with E-state index >= 15 is 0 Å². The first-order chi connectivity index (χ1) is 13.3. The molecule has 6 heteroatoms. The Hall–Kier alpha value is -2.99. The van der Waals surface area contributed by atoms with Gasteiger partial charge < -0.3 is 5.32 Å². The number of carbonyl (C=O) groups excluding carboxylic acids is 1. The molecule has 0 unspecified atom stereocenters. The van der Waals surface area contributed by atoms with Crippen molar-refractivity contribution in [3.8, 4) is 0 Å². The highest BCUT2D eigenvalue weighted by atomic mass is 32.1. The van der Waals surface area contributed by atoms with Crippen LogP contribution in [0.2, 0.25) is 0 Å². The van der Waals surface area contributed by atoms with E-state index in [1.54, 1.807) is 16.0 Å². The Labute approximate surface area is 161 Å². The van der Waals surface area contributed by atoms with Crippen molar-refractivity contribution in [2.45, 2.75) is 24.8 Å². The van der Waals surface area contributed by atoms with E-state index in [0.29, 0.717) is 12.4 Å². The summed E-state index contributed by atoms with van der Waals surface area (Å²) in [4.78, 5) is 18.7. The van der Waals surface area contributed by atoms with Crippen LogP contribution < -0.4 is 5.32 Å². The van der Waals surface area contributed by atoms with Crippen LogP contribution in [0, 0.1) is 0 Å². The number of anilines is 1. The second kappa shape index (κ2) is 6.63. The van der Waals surface area contributed by atoms with Crippen molar-refractivity contribution in [3.05, 3.63) is 82.0 Å². The Morgan fingerprint density at radius 1 is 1.15 bits per heavy atom. The lowest BCUT2D eigenvalue weighted by molar-refractivity contribution is -0.116. The average molecular weight is 374 g/mol. The highest BCUT2D eigenvalue weighted by molar-refractivity contribution is 7.10.